The van der Waals surface area contributed by atoms with Crippen molar-refractivity contribution in [2.75, 3.05) is 31.5 Å². The van der Waals surface area contributed by atoms with Crippen LogP contribution in [0.5, 0.6) is 0 Å². The fraction of sp³-hybridized carbons (Fsp3) is 0.333. The van der Waals surface area contributed by atoms with E-state index in [0.717, 1.165) is 28.1 Å². The van der Waals surface area contributed by atoms with Gasteiger partial charge in [-0.25, -0.2) is 22.0 Å². The summed E-state index contributed by atoms with van der Waals surface area (Å²) in [5, 5.41) is 5.49. The standard InChI is InChI=1S/C21H24F2N4O4S/c1-2-19(28)25-16-8-6-15(7-9-16)14-24-21(29)26-10-12-27(13-11-26)32(30,31)20-17(22)4-3-5-18(20)23/h3-9H,2,10-14H2,1H3,(H,24,29)(H,25,28). The summed E-state index contributed by atoms with van der Waals surface area (Å²) in [5.41, 5.74) is 1.49. The van der Waals surface area contributed by atoms with E-state index in [1.165, 1.54) is 4.90 Å². The lowest BCUT2D eigenvalue weighted by molar-refractivity contribution is -0.115. The minimum absolute atomic E-state index is 0.0741. The summed E-state index contributed by atoms with van der Waals surface area (Å²) in [6.45, 7) is 2.03. The first-order valence-corrected chi connectivity index (χ1v) is 11.5. The fourth-order valence-corrected chi connectivity index (χ4v) is 4.77. The van der Waals surface area contributed by atoms with E-state index in [0.29, 0.717) is 12.1 Å². The van der Waals surface area contributed by atoms with Gasteiger partial charge in [0, 0.05) is 44.8 Å². The van der Waals surface area contributed by atoms with E-state index < -0.39 is 26.6 Å². The van der Waals surface area contributed by atoms with E-state index >= 15 is 0 Å². The van der Waals surface area contributed by atoms with Crippen LogP contribution in [-0.4, -0.2) is 55.7 Å². The number of anilines is 1. The van der Waals surface area contributed by atoms with Crippen LogP contribution >= 0.6 is 0 Å². The van der Waals surface area contributed by atoms with Gasteiger partial charge in [-0.1, -0.05) is 25.1 Å². The average Bonchev–Trinajstić information content (AvgIpc) is 2.78. The van der Waals surface area contributed by atoms with Crippen molar-refractivity contribution in [3.63, 3.8) is 0 Å². The Labute approximate surface area is 185 Å². The lowest BCUT2D eigenvalue weighted by Crippen LogP contribution is -2.53. The van der Waals surface area contributed by atoms with Crippen molar-refractivity contribution >= 4 is 27.6 Å². The van der Waals surface area contributed by atoms with Crippen LogP contribution in [0.1, 0.15) is 18.9 Å². The molecule has 32 heavy (non-hydrogen) atoms. The normalized spacial score (nSPS) is 14.8. The van der Waals surface area contributed by atoms with Crippen LogP contribution in [0, 0.1) is 11.6 Å². The predicted octanol–water partition coefficient (Wildman–Crippen LogP) is 2.53. The largest absolute Gasteiger partial charge is 0.334 e. The molecule has 0 spiro atoms. The van der Waals surface area contributed by atoms with Crippen molar-refractivity contribution in [3.8, 4) is 0 Å². The highest BCUT2D eigenvalue weighted by molar-refractivity contribution is 7.89. The number of urea groups is 1. The highest BCUT2D eigenvalue weighted by atomic mass is 32.2. The monoisotopic (exact) mass is 466 g/mol. The summed E-state index contributed by atoms with van der Waals surface area (Å²) in [6, 6.07) is 9.54. The molecule has 3 rings (SSSR count). The number of nitrogens with one attached hydrogen (secondary N) is 2. The molecule has 0 atom stereocenters. The van der Waals surface area contributed by atoms with Gasteiger partial charge in [-0.3, -0.25) is 4.79 Å². The number of carbonyl (C=O) groups excluding carboxylic acids is 2. The van der Waals surface area contributed by atoms with Crippen LogP contribution in [-0.2, 0) is 21.4 Å². The molecule has 0 unspecified atom stereocenters. The number of hydrogen-bond donors (Lipinski definition) is 2. The summed E-state index contributed by atoms with van der Waals surface area (Å²) in [6.07, 6.45) is 0.377. The molecule has 8 nitrogen and oxygen atoms in total. The van der Waals surface area contributed by atoms with Gasteiger partial charge < -0.3 is 15.5 Å². The maximum atomic E-state index is 13.9. The number of amides is 3. The molecule has 1 heterocycles. The Hall–Kier alpha value is -3.05. The van der Waals surface area contributed by atoms with E-state index in [4.69, 9.17) is 0 Å². The molecule has 11 heteroatoms. The first kappa shape index (κ1) is 23.6. The molecule has 1 saturated heterocycles. The van der Waals surface area contributed by atoms with Crippen LogP contribution in [0.25, 0.3) is 0 Å². The third-order valence-electron chi connectivity index (χ3n) is 5.05. The van der Waals surface area contributed by atoms with Crippen LogP contribution in [0.4, 0.5) is 19.3 Å². The van der Waals surface area contributed by atoms with Crippen molar-refractivity contribution in [1.82, 2.24) is 14.5 Å². The maximum absolute atomic E-state index is 13.9. The zero-order valence-electron chi connectivity index (χ0n) is 17.5. The fourth-order valence-electron chi connectivity index (χ4n) is 3.23. The Kier molecular flexibility index (Phi) is 7.41. The Bertz CT molecular complexity index is 1070. The minimum atomic E-state index is -4.35. The lowest BCUT2D eigenvalue weighted by atomic mass is 10.2. The summed E-state index contributed by atoms with van der Waals surface area (Å²) in [4.78, 5) is 24.3. The number of halogens is 2. The SMILES string of the molecule is CCC(=O)Nc1ccc(CNC(=O)N2CCN(S(=O)(=O)c3c(F)cccc3F)CC2)cc1. The quantitative estimate of drug-likeness (QED) is 0.684. The highest BCUT2D eigenvalue weighted by Crippen LogP contribution is 2.23. The number of piperazine rings is 1. The Morgan fingerprint density at radius 1 is 0.969 bits per heavy atom. The smallest absolute Gasteiger partial charge is 0.317 e. The molecule has 0 radical (unpaired) electrons. The van der Waals surface area contributed by atoms with E-state index in [9.17, 15) is 26.8 Å². The van der Waals surface area contributed by atoms with Crippen molar-refractivity contribution < 1.29 is 26.8 Å². The second kappa shape index (κ2) is 10.0. The molecule has 1 aliphatic heterocycles. The molecular formula is C21H24F2N4O4S. The first-order chi connectivity index (χ1) is 15.2. The number of hydrogen-bond acceptors (Lipinski definition) is 4. The van der Waals surface area contributed by atoms with E-state index in [-0.39, 0.29) is 44.7 Å². The summed E-state index contributed by atoms with van der Waals surface area (Å²) in [7, 11) is -4.35. The van der Waals surface area contributed by atoms with Crippen LogP contribution in [0.15, 0.2) is 47.4 Å². The molecule has 3 amide bonds. The zero-order valence-corrected chi connectivity index (χ0v) is 18.3. The van der Waals surface area contributed by atoms with Gasteiger partial charge in [-0.15, -0.1) is 0 Å². The number of benzene rings is 2. The second-order valence-electron chi connectivity index (χ2n) is 7.20. The zero-order chi connectivity index (χ0) is 23.3. The third-order valence-corrected chi connectivity index (χ3v) is 7.00. The number of carbonyl (C=O) groups is 2. The average molecular weight is 467 g/mol. The van der Waals surface area contributed by atoms with E-state index in [1.54, 1.807) is 31.2 Å². The molecule has 0 saturated carbocycles. The van der Waals surface area contributed by atoms with Gasteiger partial charge in [0.25, 0.3) is 0 Å². The first-order valence-electron chi connectivity index (χ1n) is 10.1. The molecule has 2 N–H and O–H groups in total. The molecule has 0 aliphatic carbocycles. The van der Waals surface area contributed by atoms with Gasteiger partial charge in [0.2, 0.25) is 15.9 Å². The number of rotatable bonds is 6. The highest BCUT2D eigenvalue weighted by Gasteiger charge is 2.34. The van der Waals surface area contributed by atoms with Gasteiger partial charge in [-0.2, -0.15) is 4.31 Å². The second-order valence-corrected chi connectivity index (χ2v) is 9.07. The van der Waals surface area contributed by atoms with Gasteiger partial charge in [0.15, 0.2) is 4.90 Å². The Morgan fingerprint density at radius 2 is 1.56 bits per heavy atom. The molecule has 1 aliphatic rings. The van der Waals surface area contributed by atoms with Gasteiger partial charge >= 0.3 is 6.03 Å². The molecule has 2 aromatic rings. The third kappa shape index (κ3) is 5.40. The van der Waals surface area contributed by atoms with Crippen molar-refractivity contribution in [2.24, 2.45) is 0 Å². The van der Waals surface area contributed by atoms with Crippen molar-refractivity contribution in [3.05, 3.63) is 59.7 Å². The topological polar surface area (TPSA) is 98.8 Å². The van der Waals surface area contributed by atoms with Crippen LogP contribution < -0.4 is 10.6 Å². The molecular weight excluding hydrogens is 442 g/mol. The maximum Gasteiger partial charge on any atom is 0.317 e. The van der Waals surface area contributed by atoms with Crippen LogP contribution in [0.3, 0.4) is 0 Å². The molecule has 1 fully saturated rings. The Morgan fingerprint density at radius 3 is 2.12 bits per heavy atom. The van der Waals surface area contributed by atoms with E-state index in [1.807, 2.05) is 0 Å². The van der Waals surface area contributed by atoms with Gasteiger partial charge in [-0.05, 0) is 29.8 Å². The van der Waals surface area contributed by atoms with E-state index in [2.05, 4.69) is 10.6 Å². The number of sulfonamides is 1. The van der Waals surface area contributed by atoms with Crippen LogP contribution in [0.2, 0.25) is 0 Å². The summed E-state index contributed by atoms with van der Waals surface area (Å²) >= 11 is 0. The molecule has 0 bridgehead atoms. The molecule has 172 valence electrons. The molecule has 2 aromatic carbocycles. The van der Waals surface area contributed by atoms with Crippen molar-refractivity contribution in [2.45, 2.75) is 24.8 Å². The lowest BCUT2D eigenvalue weighted by Gasteiger charge is -2.34. The molecule has 0 aromatic heterocycles. The number of nitrogens with zero attached hydrogens (tertiary/aromatic N) is 2. The van der Waals surface area contributed by atoms with Crippen molar-refractivity contribution in [1.29, 1.82) is 0 Å². The van der Waals surface area contributed by atoms with Gasteiger partial charge in [0.1, 0.15) is 11.6 Å². The summed E-state index contributed by atoms with van der Waals surface area (Å²) < 4.78 is 54.1. The minimum Gasteiger partial charge on any atom is -0.334 e. The van der Waals surface area contributed by atoms with Gasteiger partial charge in [0.05, 0.1) is 0 Å². The Balaban J connectivity index is 1.53. The predicted molar refractivity (Wildman–Crippen MR) is 114 cm³/mol. The summed E-state index contributed by atoms with van der Waals surface area (Å²) in [5.74, 6) is -2.39.